The molecule has 0 bridgehead atoms. The van der Waals surface area contributed by atoms with Gasteiger partial charge in [0.2, 0.25) is 5.91 Å². The molecular weight excluding hydrogens is 364 g/mol. The molecule has 1 fully saturated rings. The molecule has 6 heteroatoms. The molecule has 1 saturated heterocycles. The number of rotatable bonds is 4. The van der Waals surface area contributed by atoms with Gasteiger partial charge in [-0.2, -0.15) is 0 Å². The van der Waals surface area contributed by atoms with E-state index in [1.165, 1.54) is 16.7 Å². The summed E-state index contributed by atoms with van der Waals surface area (Å²) in [6, 6.07) is 15.4. The Kier molecular flexibility index (Phi) is 5.54. The van der Waals surface area contributed by atoms with Crippen molar-refractivity contribution in [1.82, 2.24) is 4.90 Å². The zero-order valence-electron chi connectivity index (χ0n) is 14.5. The highest BCUT2D eigenvalue weighted by atomic mass is 32.2. The second-order valence-electron chi connectivity index (χ2n) is 6.10. The van der Waals surface area contributed by atoms with Gasteiger partial charge in [-0.15, -0.1) is 0 Å². The molecule has 1 heterocycles. The van der Waals surface area contributed by atoms with Crippen molar-refractivity contribution in [3.8, 4) is 0 Å². The molecule has 2 amide bonds. The minimum absolute atomic E-state index is 0.0935. The minimum atomic E-state index is -0.271. The number of thioether (sulfide) groups is 1. The summed E-state index contributed by atoms with van der Waals surface area (Å²) in [6.45, 7) is 3.85. The third-order valence-electron chi connectivity index (χ3n) is 3.78. The number of benzene rings is 2. The van der Waals surface area contributed by atoms with Gasteiger partial charge in [0.05, 0.1) is 4.91 Å². The number of anilines is 1. The smallest absolute Gasteiger partial charge is 0.266 e. The monoisotopic (exact) mass is 382 g/mol. The molecule has 3 rings (SSSR count). The van der Waals surface area contributed by atoms with E-state index in [0.717, 1.165) is 22.4 Å². The van der Waals surface area contributed by atoms with Crippen LogP contribution in [0.25, 0.3) is 6.08 Å². The Morgan fingerprint density at radius 3 is 2.46 bits per heavy atom. The van der Waals surface area contributed by atoms with Gasteiger partial charge >= 0.3 is 0 Å². The molecule has 0 unspecified atom stereocenters. The van der Waals surface area contributed by atoms with Gasteiger partial charge < -0.3 is 5.32 Å². The lowest BCUT2D eigenvalue weighted by Crippen LogP contribution is -2.36. The highest BCUT2D eigenvalue weighted by molar-refractivity contribution is 8.26. The molecule has 0 radical (unpaired) electrons. The number of amides is 2. The third-order valence-corrected chi connectivity index (χ3v) is 5.16. The number of carbonyl (C=O) groups excluding carboxylic acids is 2. The van der Waals surface area contributed by atoms with Crippen molar-refractivity contribution in [2.75, 3.05) is 11.9 Å². The second-order valence-corrected chi connectivity index (χ2v) is 7.78. The first-order chi connectivity index (χ1) is 12.4. The molecule has 1 N–H and O–H groups in total. The van der Waals surface area contributed by atoms with Crippen LogP contribution < -0.4 is 5.32 Å². The van der Waals surface area contributed by atoms with Crippen LogP contribution in [-0.2, 0) is 9.59 Å². The highest BCUT2D eigenvalue weighted by Gasteiger charge is 2.33. The van der Waals surface area contributed by atoms with Crippen LogP contribution in [0, 0.1) is 13.8 Å². The number of nitrogens with one attached hydrogen (secondary N) is 1. The lowest BCUT2D eigenvalue weighted by atomic mass is 10.1. The molecule has 26 heavy (non-hydrogen) atoms. The van der Waals surface area contributed by atoms with E-state index in [1.54, 1.807) is 6.08 Å². The number of thiocarbonyl (C=S) groups is 1. The molecule has 0 atom stereocenters. The number of aryl methyl sites for hydroxylation is 2. The summed E-state index contributed by atoms with van der Waals surface area (Å²) in [4.78, 5) is 26.8. The predicted octanol–water partition coefficient (Wildman–Crippen LogP) is 4.14. The van der Waals surface area contributed by atoms with Gasteiger partial charge in [0.15, 0.2) is 0 Å². The molecule has 2 aromatic carbocycles. The number of nitrogens with zero attached hydrogens (tertiary/aromatic N) is 1. The first-order valence-electron chi connectivity index (χ1n) is 8.11. The quantitative estimate of drug-likeness (QED) is 0.638. The van der Waals surface area contributed by atoms with Crippen molar-refractivity contribution >= 4 is 51.9 Å². The molecule has 0 saturated carbocycles. The summed E-state index contributed by atoms with van der Waals surface area (Å²) in [5.74, 6) is -0.508. The largest absolute Gasteiger partial charge is 0.325 e. The van der Waals surface area contributed by atoms with Crippen molar-refractivity contribution in [1.29, 1.82) is 0 Å². The van der Waals surface area contributed by atoms with Gasteiger partial charge in [-0.3, -0.25) is 14.5 Å². The maximum absolute atomic E-state index is 12.6. The Balaban J connectivity index is 1.69. The van der Waals surface area contributed by atoms with Crippen molar-refractivity contribution in [3.05, 3.63) is 70.1 Å². The van der Waals surface area contributed by atoms with Gasteiger partial charge in [-0.25, -0.2) is 0 Å². The standard InChI is InChI=1S/C20H18N2O2S2/c1-13-8-14(2)10-16(9-13)21-18(23)12-22-19(24)17(26-20(22)25)11-15-6-4-3-5-7-15/h3-11H,12H2,1-2H3,(H,21,23)/b17-11-. The molecule has 4 nitrogen and oxygen atoms in total. The zero-order valence-corrected chi connectivity index (χ0v) is 16.1. The van der Waals surface area contributed by atoms with Gasteiger partial charge in [-0.05, 0) is 48.7 Å². The number of hydrogen-bond donors (Lipinski definition) is 1. The second kappa shape index (κ2) is 7.85. The van der Waals surface area contributed by atoms with Crippen LogP contribution in [0.4, 0.5) is 5.69 Å². The Hall–Kier alpha value is -2.44. The van der Waals surface area contributed by atoms with Gasteiger partial charge in [-0.1, -0.05) is 60.4 Å². The molecule has 0 spiro atoms. The summed E-state index contributed by atoms with van der Waals surface area (Å²) >= 11 is 6.50. The maximum Gasteiger partial charge on any atom is 0.266 e. The van der Waals surface area contributed by atoms with Crippen LogP contribution in [0.15, 0.2) is 53.4 Å². The fourth-order valence-corrected chi connectivity index (χ4v) is 3.98. The molecule has 0 aliphatic carbocycles. The van der Waals surface area contributed by atoms with Crippen molar-refractivity contribution in [2.24, 2.45) is 0 Å². The normalized spacial score (nSPS) is 15.6. The Bertz CT molecular complexity index is 887. The van der Waals surface area contributed by atoms with Gasteiger partial charge in [0.25, 0.3) is 5.91 Å². The van der Waals surface area contributed by atoms with Crippen molar-refractivity contribution < 1.29 is 9.59 Å². The molecular formula is C20H18N2O2S2. The van der Waals surface area contributed by atoms with Gasteiger partial charge in [0, 0.05) is 5.69 Å². The highest BCUT2D eigenvalue weighted by Crippen LogP contribution is 2.32. The number of hydrogen-bond acceptors (Lipinski definition) is 4. The Morgan fingerprint density at radius 2 is 1.81 bits per heavy atom. The van der Waals surface area contributed by atoms with E-state index in [-0.39, 0.29) is 18.4 Å². The van der Waals surface area contributed by atoms with Crippen molar-refractivity contribution in [2.45, 2.75) is 13.8 Å². The van der Waals surface area contributed by atoms with Crippen LogP contribution in [0.5, 0.6) is 0 Å². The lowest BCUT2D eigenvalue weighted by molar-refractivity contribution is -0.126. The summed E-state index contributed by atoms with van der Waals surface area (Å²) in [7, 11) is 0. The average Bonchev–Trinajstić information content (AvgIpc) is 2.82. The minimum Gasteiger partial charge on any atom is -0.325 e. The summed E-state index contributed by atoms with van der Waals surface area (Å²) in [5, 5.41) is 2.83. The van der Waals surface area contributed by atoms with E-state index in [0.29, 0.717) is 9.23 Å². The van der Waals surface area contributed by atoms with Crippen LogP contribution in [-0.4, -0.2) is 27.6 Å². The third kappa shape index (κ3) is 4.39. The average molecular weight is 383 g/mol. The fourth-order valence-electron chi connectivity index (χ4n) is 2.73. The molecule has 1 aliphatic rings. The first-order valence-corrected chi connectivity index (χ1v) is 9.33. The van der Waals surface area contributed by atoms with Crippen LogP contribution in [0.2, 0.25) is 0 Å². The Morgan fingerprint density at radius 1 is 1.15 bits per heavy atom. The van der Waals surface area contributed by atoms with E-state index in [2.05, 4.69) is 5.32 Å². The molecule has 0 aromatic heterocycles. The van der Waals surface area contributed by atoms with E-state index in [4.69, 9.17) is 12.2 Å². The molecule has 132 valence electrons. The Labute approximate surface area is 162 Å². The first kappa shape index (κ1) is 18.4. The molecule has 2 aromatic rings. The van der Waals surface area contributed by atoms with Gasteiger partial charge in [0.1, 0.15) is 10.9 Å². The fraction of sp³-hybridized carbons (Fsp3) is 0.150. The zero-order chi connectivity index (χ0) is 18.7. The van der Waals surface area contributed by atoms with E-state index >= 15 is 0 Å². The summed E-state index contributed by atoms with van der Waals surface area (Å²) in [6.07, 6.45) is 1.79. The van der Waals surface area contributed by atoms with Crippen molar-refractivity contribution in [3.63, 3.8) is 0 Å². The van der Waals surface area contributed by atoms with E-state index < -0.39 is 0 Å². The van der Waals surface area contributed by atoms with Crippen LogP contribution in [0.3, 0.4) is 0 Å². The summed E-state index contributed by atoms with van der Waals surface area (Å²) in [5.41, 5.74) is 3.78. The lowest BCUT2D eigenvalue weighted by Gasteiger charge is -2.14. The number of carbonyl (C=O) groups is 2. The predicted molar refractivity (Wildman–Crippen MR) is 111 cm³/mol. The topological polar surface area (TPSA) is 49.4 Å². The molecule has 1 aliphatic heterocycles. The SMILES string of the molecule is Cc1cc(C)cc(NC(=O)CN2C(=O)/C(=C/c3ccccc3)SC2=S)c1. The maximum atomic E-state index is 12.6. The van der Waals surface area contributed by atoms with E-state index in [1.807, 2.05) is 62.4 Å². The van der Waals surface area contributed by atoms with E-state index in [9.17, 15) is 9.59 Å². The summed E-state index contributed by atoms with van der Waals surface area (Å²) < 4.78 is 0.396. The van der Waals surface area contributed by atoms with Crippen LogP contribution in [0.1, 0.15) is 16.7 Å². The van der Waals surface area contributed by atoms with Crippen LogP contribution >= 0.6 is 24.0 Å².